The number of benzene rings is 1. The van der Waals surface area contributed by atoms with Gasteiger partial charge in [-0.25, -0.2) is 17.9 Å². The topological polar surface area (TPSA) is 92.4 Å². The number of aliphatic hydroxyl groups excluding tert-OH is 1. The highest BCUT2D eigenvalue weighted by molar-refractivity contribution is 7.89. The number of rotatable bonds is 7. The summed E-state index contributed by atoms with van der Waals surface area (Å²) in [6, 6.07) is 5.99. The fourth-order valence-electron chi connectivity index (χ4n) is 3.66. The zero-order valence-electron chi connectivity index (χ0n) is 14.9. The van der Waals surface area contributed by atoms with Gasteiger partial charge in [0.05, 0.1) is 11.4 Å². The Labute approximate surface area is 149 Å². The normalized spacial score (nSPS) is 23.4. The van der Waals surface area contributed by atoms with E-state index >= 15 is 0 Å². The lowest BCUT2D eigenvalue weighted by molar-refractivity contribution is 0.151. The van der Waals surface area contributed by atoms with Gasteiger partial charge in [0, 0.05) is 12.1 Å². The average Bonchev–Trinajstić information content (AvgIpc) is 2.52. The molecule has 0 radical (unpaired) electrons. The first kappa shape index (κ1) is 20.3. The Morgan fingerprint density at radius 1 is 1.32 bits per heavy atom. The number of hydrogen-bond acceptors (Lipinski definition) is 4. The van der Waals surface area contributed by atoms with E-state index in [1.807, 2.05) is 0 Å². The van der Waals surface area contributed by atoms with Crippen molar-refractivity contribution in [1.82, 2.24) is 5.32 Å². The maximum atomic E-state index is 13.2. The van der Waals surface area contributed by atoms with E-state index in [-0.39, 0.29) is 11.4 Å². The van der Waals surface area contributed by atoms with Gasteiger partial charge in [-0.1, -0.05) is 12.1 Å². The Bertz CT molecular complexity index is 671. The first-order valence-electron chi connectivity index (χ1n) is 8.77. The second-order valence-corrected chi connectivity index (χ2v) is 9.62. The van der Waals surface area contributed by atoms with Crippen molar-refractivity contribution >= 4 is 10.0 Å². The van der Waals surface area contributed by atoms with Gasteiger partial charge in [0.15, 0.2) is 0 Å². The molecule has 0 saturated heterocycles. The second kappa shape index (κ2) is 8.12. The molecular formula is C18H29FN2O3S. The van der Waals surface area contributed by atoms with E-state index in [0.29, 0.717) is 30.9 Å². The van der Waals surface area contributed by atoms with Gasteiger partial charge in [-0.15, -0.1) is 0 Å². The van der Waals surface area contributed by atoms with Crippen LogP contribution in [0.2, 0.25) is 0 Å². The highest BCUT2D eigenvalue weighted by Crippen LogP contribution is 2.33. The quantitative estimate of drug-likeness (QED) is 0.685. The Morgan fingerprint density at radius 3 is 2.52 bits per heavy atom. The van der Waals surface area contributed by atoms with Crippen LogP contribution in [0, 0.1) is 11.7 Å². The standard InChI is InChI=1S/C18H29FN2O3S/c1-18(2,11-13-6-8-16(9-7-13)25(20,23)24)21-12-17(22)14-4-3-5-15(19)10-14/h3-5,10,13,16-17,21-22H,6-9,11-12H2,1-2H3,(H2,20,23,24). The molecule has 1 aromatic rings. The van der Waals surface area contributed by atoms with Crippen LogP contribution in [0.15, 0.2) is 24.3 Å². The molecule has 142 valence electrons. The molecule has 1 aliphatic rings. The van der Waals surface area contributed by atoms with E-state index in [2.05, 4.69) is 19.2 Å². The SMILES string of the molecule is CC(C)(CC1CCC(S(N)(=O)=O)CC1)NCC(O)c1cccc(F)c1. The Morgan fingerprint density at radius 2 is 1.96 bits per heavy atom. The third-order valence-electron chi connectivity index (χ3n) is 5.06. The lowest BCUT2D eigenvalue weighted by atomic mass is 9.80. The van der Waals surface area contributed by atoms with Crippen LogP contribution in [-0.2, 0) is 10.0 Å². The predicted molar refractivity (Wildman–Crippen MR) is 96.9 cm³/mol. The van der Waals surface area contributed by atoms with Crippen LogP contribution in [0.3, 0.4) is 0 Å². The Balaban J connectivity index is 1.82. The second-order valence-electron chi connectivity index (χ2n) is 7.77. The fraction of sp³-hybridized carbons (Fsp3) is 0.667. The molecule has 0 heterocycles. The summed E-state index contributed by atoms with van der Waals surface area (Å²) in [5.74, 6) is 0.0780. The summed E-state index contributed by atoms with van der Waals surface area (Å²) in [5, 5.41) is 18.4. The predicted octanol–water partition coefficient (Wildman–Crippen LogP) is 2.46. The number of primary sulfonamides is 1. The molecule has 0 amide bonds. The molecule has 7 heteroatoms. The van der Waals surface area contributed by atoms with Crippen molar-refractivity contribution in [2.45, 2.75) is 62.8 Å². The lowest BCUT2D eigenvalue weighted by Crippen LogP contribution is -2.44. The van der Waals surface area contributed by atoms with Crippen molar-refractivity contribution in [2.24, 2.45) is 11.1 Å². The first-order chi connectivity index (χ1) is 11.6. The van der Waals surface area contributed by atoms with E-state index in [9.17, 15) is 17.9 Å². The van der Waals surface area contributed by atoms with E-state index in [4.69, 9.17) is 5.14 Å². The first-order valence-corrected chi connectivity index (χ1v) is 10.4. The Kier molecular flexibility index (Phi) is 6.59. The van der Waals surface area contributed by atoms with Crippen LogP contribution in [0.1, 0.15) is 57.6 Å². The van der Waals surface area contributed by atoms with Crippen molar-refractivity contribution in [3.05, 3.63) is 35.6 Å². The number of halogens is 1. The minimum absolute atomic E-state index is 0.201. The van der Waals surface area contributed by atoms with E-state index in [1.165, 1.54) is 12.1 Å². The van der Waals surface area contributed by atoms with Crippen LogP contribution in [0.5, 0.6) is 0 Å². The zero-order chi connectivity index (χ0) is 18.7. The molecule has 0 spiro atoms. The minimum Gasteiger partial charge on any atom is -0.387 e. The van der Waals surface area contributed by atoms with Crippen LogP contribution in [0.25, 0.3) is 0 Å². The van der Waals surface area contributed by atoms with Gasteiger partial charge in [0.25, 0.3) is 0 Å². The van der Waals surface area contributed by atoms with Crippen molar-refractivity contribution in [1.29, 1.82) is 0 Å². The summed E-state index contributed by atoms with van der Waals surface area (Å²) < 4.78 is 36.1. The monoisotopic (exact) mass is 372 g/mol. The number of β-amino-alcohol motifs (C(OH)–C–C–N with tert-alkyl or cyclic N) is 1. The van der Waals surface area contributed by atoms with Gasteiger partial charge >= 0.3 is 0 Å². The lowest BCUT2D eigenvalue weighted by Gasteiger charge is -2.35. The van der Waals surface area contributed by atoms with Gasteiger partial charge in [0.1, 0.15) is 5.82 Å². The molecule has 0 aromatic heterocycles. The molecule has 1 unspecified atom stereocenters. The van der Waals surface area contributed by atoms with Crippen molar-refractivity contribution in [3.8, 4) is 0 Å². The third-order valence-corrected chi connectivity index (χ3v) is 6.47. The highest BCUT2D eigenvalue weighted by Gasteiger charge is 2.31. The summed E-state index contributed by atoms with van der Waals surface area (Å²) in [6.45, 7) is 4.47. The summed E-state index contributed by atoms with van der Waals surface area (Å²) in [5.41, 5.74) is 0.352. The van der Waals surface area contributed by atoms with Gasteiger partial charge in [-0.2, -0.15) is 0 Å². The summed E-state index contributed by atoms with van der Waals surface area (Å²) >= 11 is 0. The summed E-state index contributed by atoms with van der Waals surface area (Å²) in [6.07, 6.45) is 3.04. The van der Waals surface area contributed by atoms with E-state index < -0.39 is 21.4 Å². The van der Waals surface area contributed by atoms with E-state index in [1.54, 1.807) is 12.1 Å². The minimum atomic E-state index is -3.43. The molecule has 2 rings (SSSR count). The Hall–Kier alpha value is -1.02. The number of sulfonamides is 1. The number of hydrogen-bond donors (Lipinski definition) is 3. The molecule has 0 aliphatic heterocycles. The van der Waals surface area contributed by atoms with Gasteiger partial charge in [-0.05, 0) is 69.6 Å². The average molecular weight is 373 g/mol. The summed E-state index contributed by atoms with van der Waals surface area (Å²) in [4.78, 5) is 0. The smallest absolute Gasteiger partial charge is 0.211 e. The number of nitrogens with two attached hydrogens (primary N) is 1. The molecule has 1 saturated carbocycles. The molecule has 4 N–H and O–H groups in total. The molecule has 5 nitrogen and oxygen atoms in total. The zero-order valence-corrected chi connectivity index (χ0v) is 15.7. The molecule has 0 bridgehead atoms. The maximum Gasteiger partial charge on any atom is 0.211 e. The largest absolute Gasteiger partial charge is 0.387 e. The third kappa shape index (κ3) is 6.33. The molecule has 1 aliphatic carbocycles. The van der Waals surface area contributed by atoms with Gasteiger partial charge in [0.2, 0.25) is 10.0 Å². The van der Waals surface area contributed by atoms with Gasteiger partial charge in [-0.3, -0.25) is 0 Å². The van der Waals surface area contributed by atoms with Gasteiger partial charge < -0.3 is 10.4 Å². The number of aliphatic hydroxyl groups is 1. The maximum absolute atomic E-state index is 13.2. The molecule has 1 fully saturated rings. The van der Waals surface area contributed by atoms with E-state index in [0.717, 1.165) is 19.3 Å². The van der Waals surface area contributed by atoms with Crippen LogP contribution < -0.4 is 10.5 Å². The molecule has 1 atom stereocenters. The van der Waals surface area contributed by atoms with Crippen molar-refractivity contribution < 1.29 is 17.9 Å². The van der Waals surface area contributed by atoms with Crippen molar-refractivity contribution in [3.63, 3.8) is 0 Å². The van der Waals surface area contributed by atoms with Crippen molar-refractivity contribution in [2.75, 3.05) is 6.54 Å². The molecule has 25 heavy (non-hydrogen) atoms. The summed E-state index contributed by atoms with van der Waals surface area (Å²) in [7, 11) is -3.43. The van der Waals surface area contributed by atoms with Crippen LogP contribution >= 0.6 is 0 Å². The van der Waals surface area contributed by atoms with Crippen LogP contribution in [-0.4, -0.2) is 30.9 Å². The fourth-order valence-corrected chi connectivity index (χ4v) is 4.59. The van der Waals surface area contributed by atoms with Crippen LogP contribution in [0.4, 0.5) is 4.39 Å². The highest BCUT2D eigenvalue weighted by atomic mass is 32.2. The molecule has 1 aromatic carbocycles. The number of nitrogens with one attached hydrogen (secondary N) is 1. The molecular weight excluding hydrogens is 343 g/mol.